The third kappa shape index (κ3) is 4.69. The minimum absolute atomic E-state index is 0.0769. The molecule has 0 nitrogen and oxygen atoms in total. The Hall–Kier alpha value is -0.610. The van der Waals surface area contributed by atoms with Crippen molar-refractivity contribution in [3.05, 3.63) is 41.2 Å². The summed E-state index contributed by atoms with van der Waals surface area (Å²) in [5.74, 6) is 0. The zero-order valence-corrected chi connectivity index (χ0v) is 15.7. The minimum atomic E-state index is 0.0769. The maximum absolute atomic E-state index is 2.56. The van der Waals surface area contributed by atoms with E-state index in [9.17, 15) is 0 Å². The molecule has 126 valence electrons. The van der Waals surface area contributed by atoms with E-state index in [-0.39, 0.29) is 7.92 Å². The van der Waals surface area contributed by atoms with Crippen LogP contribution in [0.2, 0.25) is 0 Å². The van der Waals surface area contributed by atoms with Crippen LogP contribution in [0.25, 0.3) is 6.08 Å². The van der Waals surface area contributed by atoms with E-state index in [0.29, 0.717) is 0 Å². The molecule has 2 saturated carbocycles. The van der Waals surface area contributed by atoms with Crippen LogP contribution < -0.4 is 0 Å². The third-order valence-corrected chi connectivity index (χ3v) is 9.48. The molecule has 2 fully saturated rings. The first-order chi connectivity index (χ1) is 11.4. The van der Waals surface area contributed by atoms with Gasteiger partial charge < -0.3 is 0 Å². The van der Waals surface area contributed by atoms with Gasteiger partial charge in [0, 0.05) is 0 Å². The number of hydrogen-bond donors (Lipinski definition) is 0. The minimum Gasteiger partial charge on any atom is -0.0734 e. The summed E-state index contributed by atoms with van der Waals surface area (Å²) >= 11 is 0. The molecule has 0 radical (unpaired) electrons. The van der Waals surface area contributed by atoms with Gasteiger partial charge in [0.25, 0.3) is 0 Å². The lowest BCUT2D eigenvalue weighted by Crippen LogP contribution is -2.21. The third-order valence-electron chi connectivity index (χ3n) is 5.76. The van der Waals surface area contributed by atoms with Gasteiger partial charge in [0.15, 0.2) is 0 Å². The molecular formula is C22H33P. The van der Waals surface area contributed by atoms with Gasteiger partial charge in [-0.3, -0.25) is 0 Å². The molecule has 0 amide bonds. The summed E-state index contributed by atoms with van der Waals surface area (Å²) in [5.41, 5.74) is 3.47. The highest BCUT2D eigenvalue weighted by Crippen LogP contribution is 2.62. The van der Waals surface area contributed by atoms with Crippen LogP contribution in [0.4, 0.5) is 0 Å². The fourth-order valence-electron chi connectivity index (χ4n) is 4.59. The predicted octanol–water partition coefficient (Wildman–Crippen LogP) is 7.58. The Morgan fingerprint density at radius 2 is 1.39 bits per heavy atom. The fourth-order valence-corrected chi connectivity index (χ4v) is 8.63. The van der Waals surface area contributed by atoms with E-state index in [2.05, 4.69) is 43.3 Å². The lowest BCUT2D eigenvalue weighted by Gasteiger charge is -2.40. The maximum Gasteiger partial charge on any atom is -0.0170 e. The summed E-state index contributed by atoms with van der Waals surface area (Å²) < 4.78 is 0. The first kappa shape index (κ1) is 17.2. The van der Waals surface area contributed by atoms with Gasteiger partial charge in [0.1, 0.15) is 0 Å². The monoisotopic (exact) mass is 328 g/mol. The van der Waals surface area contributed by atoms with Crippen molar-refractivity contribution in [2.24, 2.45) is 0 Å². The Kier molecular flexibility index (Phi) is 6.76. The molecule has 23 heavy (non-hydrogen) atoms. The van der Waals surface area contributed by atoms with Crippen LogP contribution in [-0.4, -0.2) is 11.3 Å². The fraction of sp³-hybridized carbons (Fsp3) is 0.636. The van der Waals surface area contributed by atoms with Crippen LogP contribution in [0.3, 0.4) is 0 Å². The van der Waals surface area contributed by atoms with E-state index in [1.165, 1.54) is 76.2 Å². The van der Waals surface area contributed by atoms with Crippen molar-refractivity contribution >= 4 is 14.0 Å². The van der Waals surface area contributed by atoms with Gasteiger partial charge in [0.2, 0.25) is 0 Å². The second kappa shape index (κ2) is 9.03. The Bertz CT molecular complexity index is 460. The van der Waals surface area contributed by atoms with E-state index in [0.717, 1.165) is 11.3 Å². The summed E-state index contributed by atoms with van der Waals surface area (Å²) in [5, 5.41) is 1.81. The molecule has 0 spiro atoms. The Balaban J connectivity index is 1.86. The standard InChI is InChI=1S/C22H33P/c1-2-20(18-19-12-6-3-7-13-19)23(21-14-8-4-9-15-21)22-16-10-5-11-17-22/h3,6-7,12-13,18,21-22H,2,4-5,8-11,14-17H2,1H3. The first-order valence-corrected chi connectivity index (χ1v) is 11.4. The molecule has 0 N–H and O–H groups in total. The quantitative estimate of drug-likeness (QED) is 0.488. The Morgan fingerprint density at radius 1 is 0.870 bits per heavy atom. The van der Waals surface area contributed by atoms with Crippen molar-refractivity contribution in [1.29, 1.82) is 0 Å². The number of benzene rings is 1. The van der Waals surface area contributed by atoms with Crippen LogP contribution >= 0.6 is 7.92 Å². The summed E-state index contributed by atoms with van der Waals surface area (Å²) in [6.45, 7) is 2.40. The van der Waals surface area contributed by atoms with Crippen molar-refractivity contribution in [3.63, 3.8) is 0 Å². The van der Waals surface area contributed by atoms with Gasteiger partial charge in [-0.2, -0.15) is 0 Å². The number of hydrogen-bond acceptors (Lipinski definition) is 0. The molecule has 0 aromatic heterocycles. The lowest BCUT2D eigenvalue weighted by atomic mass is 9.99. The van der Waals surface area contributed by atoms with Gasteiger partial charge in [-0.1, -0.05) is 89.8 Å². The lowest BCUT2D eigenvalue weighted by molar-refractivity contribution is 0.485. The molecule has 0 heterocycles. The van der Waals surface area contributed by atoms with E-state index >= 15 is 0 Å². The molecule has 0 saturated heterocycles. The molecule has 1 aromatic carbocycles. The average Bonchev–Trinajstić information content (AvgIpc) is 2.64. The van der Waals surface area contributed by atoms with Gasteiger partial charge in [0.05, 0.1) is 0 Å². The maximum atomic E-state index is 2.56. The van der Waals surface area contributed by atoms with Gasteiger partial charge in [-0.15, -0.1) is 0 Å². The highest BCUT2D eigenvalue weighted by atomic mass is 31.1. The largest absolute Gasteiger partial charge is 0.0734 e. The van der Waals surface area contributed by atoms with Crippen molar-refractivity contribution < 1.29 is 0 Å². The zero-order valence-electron chi connectivity index (χ0n) is 14.8. The second-order valence-corrected chi connectivity index (χ2v) is 10.2. The SMILES string of the molecule is CCC(=Cc1ccccc1)P(C1CCCCC1)C1CCCCC1. The van der Waals surface area contributed by atoms with Gasteiger partial charge >= 0.3 is 0 Å². The van der Waals surface area contributed by atoms with Crippen molar-refractivity contribution in [2.45, 2.75) is 88.9 Å². The Labute approximate surface area is 144 Å². The predicted molar refractivity (Wildman–Crippen MR) is 105 cm³/mol. The second-order valence-electron chi connectivity index (χ2n) is 7.39. The molecule has 0 aliphatic heterocycles. The van der Waals surface area contributed by atoms with Crippen molar-refractivity contribution in [1.82, 2.24) is 0 Å². The van der Waals surface area contributed by atoms with Gasteiger partial charge in [-0.05, 0) is 54.3 Å². The average molecular weight is 328 g/mol. The molecule has 1 aromatic rings. The van der Waals surface area contributed by atoms with Crippen LogP contribution in [0.15, 0.2) is 35.6 Å². The molecule has 2 aliphatic rings. The van der Waals surface area contributed by atoms with Crippen molar-refractivity contribution in [2.75, 3.05) is 0 Å². The first-order valence-electron chi connectivity index (χ1n) is 9.92. The number of allylic oxidation sites excluding steroid dienone is 1. The molecule has 1 heteroatoms. The summed E-state index contributed by atoms with van der Waals surface area (Å²) in [6.07, 6.45) is 18.8. The highest BCUT2D eigenvalue weighted by molar-refractivity contribution is 7.63. The topological polar surface area (TPSA) is 0 Å². The van der Waals surface area contributed by atoms with E-state index in [4.69, 9.17) is 0 Å². The van der Waals surface area contributed by atoms with Crippen LogP contribution in [0.5, 0.6) is 0 Å². The molecule has 0 atom stereocenters. The summed E-state index contributed by atoms with van der Waals surface area (Å²) in [6, 6.07) is 11.1. The number of rotatable bonds is 5. The molecule has 2 aliphatic carbocycles. The highest BCUT2D eigenvalue weighted by Gasteiger charge is 2.32. The zero-order chi connectivity index (χ0) is 15.9. The van der Waals surface area contributed by atoms with Crippen LogP contribution in [0.1, 0.15) is 83.1 Å². The normalized spacial score (nSPS) is 21.7. The van der Waals surface area contributed by atoms with Gasteiger partial charge in [-0.25, -0.2) is 0 Å². The van der Waals surface area contributed by atoms with E-state index in [1.807, 2.05) is 5.31 Å². The summed E-state index contributed by atoms with van der Waals surface area (Å²) in [4.78, 5) is 0. The Morgan fingerprint density at radius 3 is 1.87 bits per heavy atom. The van der Waals surface area contributed by atoms with Crippen LogP contribution in [-0.2, 0) is 0 Å². The summed E-state index contributed by atoms with van der Waals surface area (Å²) in [7, 11) is 0.0769. The van der Waals surface area contributed by atoms with Crippen LogP contribution in [0, 0.1) is 0 Å². The molecule has 0 bridgehead atoms. The van der Waals surface area contributed by atoms with E-state index < -0.39 is 0 Å². The molecule has 0 unspecified atom stereocenters. The van der Waals surface area contributed by atoms with Crippen molar-refractivity contribution in [3.8, 4) is 0 Å². The smallest absolute Gasteiger partial charge is 0.0170 e. The van der Waals surface area contributed by atoms with E-state index in [1.54, 1.807) is 0 Å². The molecule has 3 rings (SSSR count). The molecular weight excluding hydrogens is 295 g/mol.